The number of nitrogens with zero attached hydrogens (tertiary/aromatic N) is 3. The Hall–Kier alpha value is -2.37. The van der Waals surface area contributed by atoms with E-state index in [1.54, 1.807) is 0 Å². The van der Waals surface area contributed by atoms with Gasteiger partial charge in [-0.15, -0.1) is 0 Å². The first kappa shape index (κ1) is 15.2. The van der Waals surface area contributed by atoms with Gasteiger partial charge in [0.05, 0.1) is 13.0 Å². The molecule has 0 aliphatic carbocycles. The minimum absolute atomic E-state index is 0.189. The van der Waals surface area contributed by atoms with Crippen molar-refractivity contribution in [3.05, 3.63) is 41.0 Å². The summed E-state index contributed by atoms with van der Waals surface area (Å²) in [6, 6.07) is 6.08. The number of likely N-dealkylation sites (tertiary alicyclic amines) is 1. The number of carbonyl (C=O) groups excluding carboxylic acids is 1. The average Bonchev–Trinajstić information content (AvgIpc) is 3.23. The Morgan fingerprint density at radius 2 is 2.17 bits per heavy atom. The largest absolute Gasteiger partial charge is 0.493 e. The van der Waals surface area contributed by atoms with Gasteiger partial charge in [-0.25, -0.2) is 0 Å². The van der Waals surface area contributed by atoms with Crippen LogP contribution in [0, 0.1) is 6.92 Å². The summed E-state index contributed by atoms with van der Waals surface area (Å²) in [7, 11) is 0. The van der Waals surface area contributed by atoms with E-state index < -0.39 is 0 Å². The Morgan fingerprint density at radius 3 is 2.92 bits per heavy atom. The van der Waals surface area contributed by atoms with Gasteiger partial charge in [0.15, 0.2) is 5.82 Å². The number of carbonyl (C=O) groups is 1. The topological polar surface area (TPSA) is 68.5 Å². The molecule has 126 valence electrons. The lowest BCUT2D eigenvalue weighted by Gasteiger charge is -2.30. The Kier molecular flexibility index (Phi) is 3.96. The van der Waals surface area contributed by atoms with E-state index in [2.05, 4.69) is 16.2 Å². The molecule has 0 spiro atoms. The van der Waals surface area contributed by atoms with Crippen molar-refractivity contribution in [3.8, 4) is 5.75 Å². The summed E-state index contributed by atoms with van der Waals surface area (Å²) < 4.78 is 10.8. The van der Waals surface area contributed by atoms with Gasteiger partial charge < -0.3 is 14.2 Å². The quantitative estimate of drug-likeness (QED) is 0.865. The van der Waals surface area contributed by atoms with Gasteiger partial charge in [0, 0.05) is 25.4 Å². The lowest BCUT2D eigenvalue weighted by Crippen LogP contribution is -2.38. The predicted octanol–water partition coefficient (Wildman–Crippen LogP) is 2.26. The molecule has 24 heavy (non-hydrogen) atoms. The van der Waals surface area contributed by atoms with Gasteiger partial charge in [-0.2, -0.15) is 4.98 Å². The van der Waals surface area contributed by atoms with E-state index in [4.69, 9.17) is 9.26 Å². The number of amides is 1. The number of rotatable bonds is 3. The molecule has 1 aromatic carbocycles. The number of fused-ring (bicyclic) bond motifs is 1. The van der Waals surface area contributed by atoms with Crippen LogP contribution in [-0.4, -0.2) is 40.6 Å². The van der Waals surface area contributed by atoms with Crippen molar-refractivity contribution in [2.24, 2.45) is 0 Å². The van der Waals surface area contributed by atoms with Crippen LogP contribution in [0.25, 0.3) is 0 Å². The summed E-state index contributed by atoms with van der Waals surface area (Å²) in [6.07, 6.45) is 3.15. The highest BCUT2D eigenvalue weighted by Crippen LogP contribution is 2.28. The molecular formula is C18H21N3O3. The highest BCUT2D eigenvalue weighted by Gasteiger charge is 2.27. The maximum absolute atomic E-state index is 12.6. The van der Waals surface area contributed by atoms with Crippen LogP contribution in [0.2, 0.25) is 0 Å². The van der Waals surface area contributed by atoms with Crippen LogP contribution in [0.5, 0.6) is 5.75 Å². The molecule has 3 heterocycles. The number of aryl methyl sites for hydroxylation is 1. The van der Waals surface area contributed by atoms with Crippen molar-refractivity contribution in [2.75, 3.05) is 19.7 Å². The summed E-state index contributed by atoms with van der Waals surface area (Å²) >= 11 is 0. The monoisotopic (exact) mass is 327 g/mol. The third kappa shape index (κ3) is 3.00. The molecule has 0 atom stereocenters. The molecule has 0 unspecified atom stereocenters. The summed E-state index contributed by atoms with van der Waals surface area (Å²) in [5.74, 6) is 2.80. The van der Waals surface area contributed by atoms with Crippen LogP contribution in [0.1, 0.15) is 41.6 Å². The molecule has 0 bridgehead atoms. The summed E-state index contributed by atoms with van der Waals surface area (Å²) in [5, 5.41) is 3.85. The summed E-state index contributed by atoms with van der Waals surface area (Å²) in [4.78, 5) is 18.8. The van der Waals surface area contributed by atoms with Crippen molar-refractivity contribution < 1.29 is 14.1 Å². The Balaban J connectivity index is 1.34. The Bertz CT molecular complexity index is 748. The third-order valence-corrected chi connectivity index (χ3v) is 4.85. The molecule has 2 aliphatic heterocycles. The molecule has 0 saturated carbocycles. The van der Waals surface area contributed by atoms with E-state index in [-0.39, 0.29) is 11.8 Å². The predicted molar refractivity (Wildman–Crippen MR) is 86.9 cm³/mol. The molecular weight excluding hydrogens is 306 g/mol. The molecule has 0 radical (unpaired) electrons. The second kappa shape index (κ2) is 6.26. The van der Waals surface area contributed by atoms with Crippen molar-refractivity contribution in [3.63, 3.8) is 0 Å². The molecule has 1 aromatic heterocycles. The van der Waals surface area contributed by atoms with Crippen LogP contribution < -0.4 is 4.74 Å². The number of benzene rings is 1. The second-order valence-electron chi connectivity index (χ2n) is 6.55. The maximum atomic E-state index is 12.6. The van der Waals surface area contributed by atoms with E-state index in [1.165, 1.54) is 5.56 Å². The number of ether oxygens (including phenoxy) is 1. The number of hydrogen-bond donors (Lipinski definition) is 0. The fraction of sp³-hybridized carbons (Fsp3) is 0.500. The first-order valence-electron chi connectivity index (χ1n) is 8.51. The van der Waals surface area contributed by atoms with Crippen LogP contribution in [-0.2, 0) is 17.6 Å². The fourth-order valence-electron chi connectivity index (χ4n) is 3.49. The van der Waals surface area contributed by atoms with Crippen LogP contribution in [0.4, 0.5) is 0 Å². The Morgan fingerprint density at radius 1 is 1.33 bits per heavy atom. The lowest BCUT2D eigenvalue weighted by molar-refractivity contribution is -0.131. The number of piperidine rings is 1. The molecule has 1 fully saturated rings. The van der Waals surface area contributed by atoms with Gasteiger partial charge >= 0.3 is 0 Å². The van der Waals surface area contributed by atoms with Gasteiger partial charge in [0.2, 0.25) is 11.8 Å². The number of aromatic nitrogens is 2. The van der Waals surface area contributed by atoms with Crippen molar-refractivity contribution >= 4 is 5.91 Å². The molecule has 1 amide bonds. The molecule has 2 aromatic rings. The molecule has 6 nitrogen and oxygen atoms in total. The first-order chi connectivity index (χ1) is 11.7. The highest BCUT2D eigenvalue weighted by atomic mass is 16.5. The zero-order valence-corrected chi connectivity index (χ0v) is 13.8. The van der Waals surface area contributed by atoms with E-state index in [9.17, 15) is 4.79 Å². The van der Waals surface area contributed by atoms with E-state index in [0.717, 1.165) is 50.3 Å². The molecule has 0 N–H and O–H groups in total. The third-order valence-electron chi connectivity index (χ3n) is 4.85. The van der Waals surface area contributed by atoms with Gasteiger partial charge in [-0.1, -0.05) is 17.3 Å². The van der Waals surface area contributed by atoms with Gasteiger partial charge in [0.25, 0.3) is 0 Å². The zero-order chi connectivity index (χ0) is 16.5. The average molecular weight is 327 g/mol. The maximum Gasteiger partial charge on any atom is 0.229 e. The van der Waals surface area contributed by atoms with Crippen LogP contribution >= 0.6 is 0 Å². The standard InChI is InChI=1S/C18H21N3O3/c1-12-19-18(24-20-12)14-4-7-21(8-5-14)17(22)11-13-2-3-16-15(10-13)6-9-23-16/h2-3,10,14H,4-9,11H2,1H3. The molecule has 4 rings (SSSR count). The fourth-order valence-corrected chi connectivity index (χ4v) is 3.49. The first-order valence-corrected chi connectivity index (χ1v) is 8.51. The van der Waals surface area contributed by atoms with Gasteiger partial charge in [-0.05, 0) is 37.0 Å². The minimum Gasteiger partial charge on any atom is -0.493 e. The highest BCUT2D eigenvalue weighted by molar-refractivity contribution is 5.79. The molecule has 6 heteroatoms. The zero-order valence-electron chi connectivity index (χ0n) is 13.8. The van der Waals surface area contributed by atoms with E-state index >= 15 is 0 Å². The SMILES string of the molecule is Cc1noc(C2CCN(C(=O)Cc3ccc4c(c3)CCO4)CC2)n1. The van der Waals surface area contributed by atoms with Crippen LogP contribution in [0.3, 0.4) is 0 Å². The Labute approximate surface area is 140 Å². The molecule has 1 saturated heterocycles. The van der Waals surface area contributed by atoms with Crippen molar-refractivity contribution in [1.29, 1.82) is 0 Å². The van der Waals surface area contributed by atoms with Crippen LogP contribution in [0.15, 0.2) is 22.7 Å². The van der Waals surface area contributed by atoms with Gasteiger partial charge in [-0.3, -0.25) is 4.79 Å². The van der Waals surface area contributed by atoms with E-state index in [1.807, 2.05) is 24.0 Å². The van der Waals surface area contributed by atoms with Crippen molar-refractivity contribution in [2.45, 2.75) is 38.5 Å². The smallest absolute Gasteiger partial charge is 0.229 e. The second-order valence-corrected chi connectivity index (χ2v) is 6.55. The van der Waals surface area contributed by atoms with Gasteiger partial charge in [0.1, 0.15) is 5.75 Å². The number of hydrogen-bond acceptors (Lipinski definition) is 5. The normalized spacial score (nSPS) is 17.6. The van der Waals surface area contributed by atoms with E-state index in [0.29, 0.717) is 18.1 Å². The lowest BCUT2D eigenvalue weighted by atomic mass is 9.96. The summed E-state index contributed by atoms with van der Waals surface area (Å²) in [5.41, 5.74) is 2.28. The minimum atomic E-state index is 0.189. The van der Waals surface area contributed by atoms with Crippen molar-refractivity contribution in [1.82, 2.24) is 15.0 Å². The molecule has 2 aliphatic rings. The summed E-state index contributed by atoms with van der Waals surface area (Å²) in [6.45, 7) is 4.07.